The van der Waals surface area contributed by atoms with Gasteiger partial charge in [-0.25, -0.2) is 8.78 Å². The van der Waals surface area contributed by atoms with Gasteiger partial charge in [-0.2, -0.15) is 4.98 Å². The molecule has 0 fully saturated rings. The summed E-state index contributed by atoms with van der Waals surface area (Å²) in [6.07, 6.45) is 0. The van der Waals surface area contributed by atoms with Crippen molar-refractivity contribution < 1.29 is 13.3 Å². The van der Waals surface area contributed by atoms with Crippen molar-refractivity contribution in [2.45, 2.75) is 6.54 Å². The highest BCUT2D eigenvalue weighted by molar-refractivity contribution is 5.54. The molecule has 0 saturated heterocycles. The molecule has 1 aromatic carbocycles. The van der Waals surface area contributed by atoms with Crippen LogP contribution in [0.15, 0.2) is 22.7 Å². The van der Waals surface area contributed by atoms with Crippen LogP contribution in [0.1, 0.15) is 5.89 Å². The number of hydrogen-bond acceptors (Lipinski definition) is 4. The zero-order chi connectivity index (χ0) is 10.8. The standard InChI is InChI=1S/C9H7F2N3O/c10-6-1-5(2-7(11)3-6)9-13-8(4-12)15-14-9/h1-3H,4,12H2. The first-order chi connectivity index (χ1) is 7.19. The molecule has 0 amide bonds. The molecule has 0 saturated carbocycles. The van der Waals surface area contributed by atoms with Gasteiger partial charge in [0.05, 0.1) is 6.54 Å². The summed E-state index contributed by atoms with van der Waals surface area (Å²) >= 11 is 0. The predicted octanol–water partition coefficient (Wildman–Crippen LogP) is 1.47. The lowest BCUT2D eigenvalue weighted by Gasteiger charge is -1.95. The van der Waals surface area contributed by atoms with Crippen LogP contribution in [0.3, 0.4) is 0 Å². The Bertz CT molecular complexity index is 464. The molecule has 0 bridgehead atoms. The van der Waals surface area contributed by atoms with E-state index in [4.69, 9.17) is 10.3 Å². The Morgan fingerprint density at radius 2 is 1.87 bits per heavy atom. The first kappa shape index (κ1) is 9.72. The van der Waals surface area contributed by atoms with Gasteiger partial charge in [-0.05, 0) is 12.1 Å². The van der Waals surface area contributed by atoms with E-state index in [0.29, 0.717) is 0 Å². The Balaban J connectivity index is 2.44. The van der Waals surface area contributed by atoms with Crippen molar-refractivity contribution in [3.05, 3.63) is 35.7 Å². The van der Waals surface area contributed by atoms with Crippen molar-refractivity contribution in [3.8, 4) is 11.4 Å². The van der Waals surface area contributed by atoms with Gasteiger partial charge >= 0.3 is 0 Å². The molecule has 0 unspecified atom stereocenters. The Labute approximate surface area is 83.7 Å². The summed E-state index contributed by atoms with van der Waals surface area (Å²) in [4.78, 5) is 3.85. The number of rotatable bonds is 2. The Hall–Kier alpha value is -1.82. The molecule has 0 aliphatic carbocycles. The van der Waals surface area contributed by atoms with Gasteiger partial charge in [0.25, 0.3) is 0 Å². The topological polar surface area (TPSA) is 64.9 Å². The van der Waals surface area contributed by atoms with Crippen LogP contribution < -0.4 is 5.73 Å². The molecule has 6 heteroatoms. The minimum atomic E-state index is -0.691. The van der Waals surface area contributed by atoms with Crippen LogP contribution in [0.2, 0.25) is 0 Å². The fraction of sp³-hybridized carbons (Fsp3) is 0.111. The summed E-state index contributed by atoms with van der Waals surface area (Å²) < 4.78 is 30.4. The monoisotopic (exact) mass is 211 g/mol. The maximum Gasteiger partial charge on any atom is 0.240 e. The van der Waals surface area contributed by atoms with Gasteiger partial charge in [0.15, 0.2) is 0 Å². The largest absolute Gasteiger partial charge is 0.338 e. The molecular formula is C9H7F2N3O. The minimum Gasteiger partial charge on any atom is -0.338 e. The smallest absolute Gasteiger partial charge is 0.240 e. The molecule has 15 heavy (non-hydrogen) atoms. The maximum atomic E-state index is 12.9. The third-order valence-electron chi connectivity index (χ3n) is 1.76. The summed E-state index contributed by atoms with van der Waals surface area (Å²) in [5, 5.41) is 3.54. The van der Waals surface area contributed by atoms with E-state index in [2.05, 4.69) is 10.1 Å². The average Bonchev–Trinajstić information content (AvgIpc) is 2.64. The van der Waals surface area contributed by atoms with Crippen molar-refractivity contribution in [1.82, 2.24) is 10.1 Å². The Kier molecular flexibility index (Phi) is 2.42. The fourth-order valence-corrected chi connectivity index (χ4v) is 1.14. The number of nitrogens with zero attached hydrogens (tertiary/aromatic N) is 2. The predicted molar refractivity (Wildman–Crippen MR) is 47.5 cm³/mol. The van der Waals surface area contributed by atoms with E-state index >= 15 is 0 Å². The number of halogens is 2. The fourth-order valence-electron chi connectivity index (χ4n) is 1.14. The van der Waals surface area contributed by atoms with Crippen LogP contribution in [0.5, 0.6) is 0 Å². The number of nitrogens with two attached hydrogens (primary N) is 1. The number of hydrogen-bond donors (Lipinski definition) is 1. The van der Waals surface area contributed by atoms with Gasteiger partial charge in [0.2, 0.25) is 11.7 Å². The van der Waals surface area contributed by atoms with Gasteiger partial charge in [0, 0.05) is 11.6 Å². The second-order valence-electron chi connectivity index (χ2n) is 2.87. The lowest BCUT2D eigenvalue weighted by atomic mass is 10.2. The van der Waals surface area contributed by atoms with Crippen molar-refractivity contribution in [3.63, 3.8) is 0 Å². The zero-order valence-corrected chi connectivity index (χ0v) is 7.58. The highest BCUT2D eigenvalue weighted by atomic mass is 19.1. The van der Waals surface area contributed by atoms with Gasteiger partial charge in [0.1, 0.15) is 11.6 Å². The van der Waals surface area contributed by atoms with E-state index in [0.717, 1.165) is 18.2 Å². The summed E-state index contributed by atoms with van der Waals surface area (Å²) in [6, 6.07) is 3.01. The van der Waals surface area contributed by atoms with Crippen LogP contribution in [0.25, 0.3) is 11.4 Å². The molecule has 0 spiro atoms. The second kappa shape index (κ2) is 3.74. The van der Waals surface area contributed by atoms with Crippen LogP contribution in [0, 0.1) is 11.6 Å². The first-order valence-electron chi connectivity index (χ1n) is 4.18. The SMILES string of the molecule is NCc1nc(-c2cc(F)cc(F)c2)no1. The normalized spacial score (nSPS) is 10.6. The van der Waals surface area contributed by atoms with Crippen molar-refractivity contribution in [2.75, 3.05) is 0 Å². The highest BCUT2D eigenvalue weighted by Gasteiger charge is 2.09. The second-order valence-corrected chi connectivity index (χ2v) is 2.87. The van der Waals surface area contributed by atoms with E-state index < -0.39 is 11.6 Å². The van der Waals surface area contributed by atoms with E-state index in [1.807, 2.05) is 0 Å². The van der Waals surface area contributed by atoms with Gasteiger partial charge < -0.3 is 10.3 Å². The summed E-state index contributed by atoms with van der Waals surface area (Å²) in [5.41, 5.74) is 5.48. The molecule has 2 N–H and O–H groups in total. The van der Waals surface area contributed by atoms with E-state index in [1.54, 1.807) is 0 Å². The van der Waals surface area contributed by atoms with Gasteiger partial charge in [-0.3, -0.25) is 0 Å². The summed E-state index contributed by atoms with van der Waals surface area (Å²) in [6.45, 7) is 0.0881. The van der Waals surface area contributed by atoms with Crippen LogP contribution >= 0.6 is 0 Å². The molecule has 0 radical (unpaired) electrons. The molecule has 2 aromatic rings. The van der Waals surface area contributed by atoms with E-state index in [1.165, 1.54) is 0 Å². The number of benzene rings is 1. The van der Waals surface area contributed by atoms with Crippen molar-refractivity contribution in [2.24, 2.45) is 5.73 Å². The molecule has 1 aromatic heterocycles. The maximum absolute atomic E-state index is 12.9. The third-order valence-corrected chi connectivity index (χ3v) is 1.76. The van der Waals surface area contributed by atoms with Crippen LogP contribution in [-0.2, 0) is 6.54 Å². The average molecular weight is 211 g/mol. The third kappa shape index (κ3) is 1.99. The highest BCUT2D eigenvalue weighted by Crippen LogP contribution is 2.18. The van der Waals surface area contributed by atoms with E-state index in [9.17, 15) is 8.78 Å². The molecule has 0 aliphatic heterocycles. The minimum absolute atomic E-state index is 0.0881. The molecule has 0 aliphatic rings. The molecule has 2 rings (SSSR count). The Morgan fingerprint density at radius 1 is 1.20 bits per heavy atom. The van der Waals surface area contributed by atoms with E-state index in [-0.39, 0.29) is 23.8 Å². The van der Waals surface area contributed by atoms with Crippen molar-refractivity contribution in [1.29, 1.82) is 0 Å². The van der Waals surface area contributed by atoms with Gasteiger partial charge in [-0.1, -0.05) is 5.16 Å². The Morgan fingerprint density at radius 3 is 2.40 bits per heavy atom. The van der Waals surface area contributed by atoms with Crippen molar-refractivity contribution >= 4 is 0 Å². The first-order valence-corrected chi connectivity index (χ1v) is 4.18. The molecule has 4 nitrogen and oxygen atoms in total. The van der Waals surface area contributed by atoms with Gasteiger partial charge in [-0.15, -0.1) is 0 Å². The molecular weight excluding hydrogens is 204 g/mol. The molecule has 0 atom stereocenters. The number of aromatic nitrogens is 2. The summed E-state index contributed by atoms with van der Waals surface area (Å²) in [5.74, 6) is -1.04. The lowest BCUT2D eigenvalue weighted by molar-refractivity contribution is 0.380. The lowest BCUT2D eigenvalue weighted by Crippen LogP contribution is -1.95. The van der Waals surface area contributed by atoms with Crippen LogP contribution in [-0.4, -0.2) is 10.1 Å². The zero-order valence-electron chi connectivity index (χ0n) is 7.58. The molecule has 78 valence electrons. The quantitative estimate of drug-likeness (QED) is 0.816. The van der Waals surface area contributed by atoms with Crippen LogP contribution in [0.4, 0.5) is 8.78 Å². The summed E-state index contributed by atoms with van der Waals surface area (Å²) in [7, 11) is 0. The molecule has 1 heterocycles.